The van der Waals surface area contributed by atoms with Crippen molar-refractivity contribution < 1.29 is 23.5 Å². The van der Waals surface area contributed by atoms with Crippen LogP contribution in [0.25, 0.3) is 0 Å². The molecule has 0 atom stereocenters. The molecule has 5 nitrogen and oxygen atoms in total. The van der Waals surface area contributed by atoms with Crippen molar-refractivity contribution in [1.82, 2.24) is 0 Å². The van der Waals surface area contributed by atoms with Gasteiger partial charge in [-0.05, 0) is 42.3 Å². The van der Waals surface area contributed by atoms with E-state index in [1.165, 1.54) is 6.07 Å². The van der Waals surface area contributed by atoms with Gasteiger partial charge in [0.1, 0.15) is 11.6 Å². The zero-order chi connectivity index (χ0) is 17.5. The van der Waals surface area contributed by atoms with Crippen LogP contribution in [0.15, 0.2) is 42.5 Å². The van der Waals surface area contributed by atoms with Gasteiger partial charge >= 0.3 is 5.97 Å². The lowest BCUT2D eigenvalue weighted by molar-refractivity contribution is -0.146. The largest absolute Gasteiger partial charge is 0.497 e. The summed E-state index contributed by atoms with van der Waals surface area (Å²) in [5, 5.41) is 2.47. The van der Waals surface area contributed by atoms with Crippen molar-refractivity contribution in [3.05, 3.63) is 59.4 Å². The number of rotatable bonds is 6. The lowest BCUT2D eigenvalue weighted by Crippen LogP contribution is -2.21. The van der Waals surface area contributed by atoms with E-state index >= 15 is 0 Å². The number of anilines is 1. The third kappa shape index (κ3) is 5.08. The summed E-state index contributed by atoms with van der Waals surface area (Å²) < 4.78 is 23.3. The van der Waals surface area contributed by atoms with Crippen molar-refractivity contribution in [1.29, 1.82) is 0 Å². The molecule has 2 aromatic rings. The molecule has 0 bridgehead atoms. The Morgan fingerprint density at radius 3 is 2.46 bits per heavy atom. The van der Waals surface area contributed by atoms with Gasteiger partial charge in [0.05, 0.1) is 13.5 Å². The maximum Gasteiger partial charge on any atom is 0.310 e. The summed E-state index contributed by atoms with van der Waals surface area (Å²) in [5.74, 6) is -0.770. The first-order valence-electron chi connectivity index (χ1n) is 7.32. The van der Waals surface area contributed by atoms with Crippen LogP contribution < -0.4 is 10.1 Å². The molecule has 0 saturated carbocycles. The smallest absolute Gasteiger partial charge is 0.310 e. The number of carbonyl (C=O) groups excluding carboxylic acids is 2. The summed E-state index contributed by atoms with van der Waals surface area (Å²) in [4.78, 5) is 23.5. The van der Waals surface area contributed by atoms with Crippen molar-refractivity contribution in [2.45, 2.75) is 13.3 Å². The molecular weight excluding hydrogens is 313 g/mol. The average Bonchev–Trinajstić information content (AvgIpc) is 2.57. The summed E-state index contributed by atoms with van der Waals surface area (Å²) in [5.41, 5.74) is 1.55. The van der Waals surface area contributed by atoms with Crippen LogP contribution in [0.4, 0.5) is 10.1 Å². The van der Waals surface area contributed by atoms with Crippen LogP contribution in [0, 0.1) is 12.7 Å². The zero-order valence-corrected chi connectivity index (χ0v) is 13.5. The van der Waals surface area contributed by atoms with Crippen molar-refractivity contribution in [3.8, 4) is 5.75 Å². The summed E-state index contributed by atoms with van der Waals surface area (Å²) in [6.07, 6.45) is 0.0520. The molecule has 0 spiro atoms. The second kappa shape index (κ2) is 8.10. The van der Waals surface area contributed by atoms with Crippen LogP contribution in [-0.4, -0.2) is 25.6 Å². The monoisotopic (exact) mass is 331 g/mol. The zero-order valence-electron chi connectivity index (χ0n) is 13.5. The van der Waals surface area contributed by atoms with Gasteiger partial charge < -0.3 is 14.8 Å². The highest BCUT2D eigenvalue weighted by Crippen LogP contribution is 2.14. The van der Waals surface area contributed by atoms with Crippen LogP contribution in [0.2, 0.25) is 0 Å². The third-order valence-electron chi connectivity index (χ3n) is 3.33. The maximum absolute atomic E-state index is 13.4. The van der Waals surface area contributed by atoms with Crippen LogP contribution in [0.1, 0.15) is 11.1 Å². The fraction of sp³-hybridized carbons (Fsp3) is 0.222. The first-order chi connectivity index (χ1) is 11.5. The minimum Gasteiger partial charge on any atom is -0.497 e. The Hall–Kier alpha value is -2.89. The number of benzene rings is 2. The number of aryl methyl sites for hydroxylation is 1. The first kappa shape index (κ1) is 17.5. The molecule has 6 heteroatoms. The van der Waals surface area contributed by atoms with Crippen molar-refractivity contribution in [2.24, 2.45) is 0 Å². The molecule has 0 unspecified atom stereocenters. The predicted molar refractivity (Wildman–Crippen MR) is 87.4 cm³/mol. The molecule has 0 aliphatic rings. The normalized spacial score (nSPS) is 10.1. The molecule has 2 aromatic carbocycles. The lowest BCUT2D eigenvalue weighted by atomic mass is 10.1. The van der Waals surface area contributed by atoms with Crippen molar-refractivity contribution in [3.63, 3.8) is 0 Å². The number of hydrogen-bond acceptors (Lipinski definition) is 4. The van der Waals surface area contributed by atoms with Gasteiger partial charge in [-0.3, -0.25) is 9.59 Å². The van der Waals surface area contributed by atoms with Gasteiger partial charge in [0.2, 0.25) is 0 Å². The molecule has 24 heavy (non-hydrogen) atoms. The fourth-order valence-corrected chi connectivity index (χ4v) is 1.97. The van der Waals surface area contributed by atoms with Gasteiger partial charge in [-0.2, -0.15) is 0 Å². The minimum absolute atomic E-state index is 0.0520. The molecular formula is C18H18FNO4. The Morgan fingerprint density at radius 2 is 1.83 bits per heavy atom. The molecule has 1 N–H and O–H groups in total. The third-order valence-corrected chi connectivity index (χ3v) is 3.33. The molecule has 0 aliphatic carbocycles. The standard InChI is InChI=1S/C18H18FNO4/c1-12-3-6-14(10-16(12)19)20-17(21)11-24-18(22)9-13-4-7-15(23-2)8-5-13/h3-8,10H,9,11H2,1-2H3,(H,20,21). The summed E-state index contributed by atoms with van der Waals surface area (Å²) in [6.45, 7) is 1.20. The number of esters is 1. The number of hydrogen-bond donors (Lipinski definition) is 1. The second-order valence-electron chi connectivity index (χ2n) is 5.20. The van der Waals surface area contributed by atoms with E-state index in [9.17, 15) is 14.0 Å². The van der Waals surface area contributed by atoms with E-state index < -0.39 is 24.3 Å². The molecule has 0 fully saturated rings. The van der Waals surface area contributed by atoms with Gasteiger partial charge in [0, 0.05) is 5.69 Å². The van der Waals surface area contributed by atoms with Gasteiger partial charge in [-0.15, -0.1) is 0 Å². The highest BCUT2D eigenvalue weighted by Gasteiger charge is 2.10. The van der Waals surface area contributed by atoms with E-state index in [1.807, 2.05) is 0 Å². The van der Waals surface area contributed by atoms with E-state index in [2.05, 4.69) is 5.32 Å². The Labute approximate surface area is 139 Å². The van der Waals surface area contributed by atoms with Crippen LogP contribution in [0.5, 0.6) is 5.75 Å². The van der Waals surface area contributed by atoms with E-state index in [-0.39, 0.29) is 6.42 Å². The first-order valence-corrected chi connectivity index (χ1v) is 7.32. The average molecular weight is 331 g/mol. The number of nitrogens with one attached hydrogen (secondary N) is 1. The number of carbonyl (C=O) groups is 2. The molecule has 1 amide bonds. The Bertz CT molecular complexity index is 728. The van der Waals surface area contributed by atoms with Gasteiger partial charge in [-0.1, -0.05) is 18.2 Å². The summed E-state index contributed by atoms with van der Waals surface area (Å²) in [6, 6.07) is 11.3. The topological polar surface area (TPSA) is 64.6 Å². The van der Waals surface area contributed by atoms with Gasteiger partial charge in [-0.25, -0.2) is 4.39 Å². The maximum atomic E-state index is 13.4. The van der Waals surface area contributed by atoms with Crippen molar-refractivity contribution in [2.75, 3.05) is 19.0 Å². The molecule has 126 valence electrons. The predicted octanol–water partition coefficient (Wildman–Crippen LogP) is 2.87. The van der Waals surface area contributed by atoms with Gasteiger partial charge in [0.25, 0.3) is 5.91 Å². The van der Waals surface area contributed by atoms with Gasteiger partial charge in [0.15, 0.2) is 6.61 Å². The van der Waals surface area contributed by atoms with Crippen LogP contribution in [0.3, 0.4) is 0 Å². The Balaban J connectivity index is 1.79. The molecule has 0 radical (unpaired) electrons. The van der Waals surface area contributed by atoms with E-state index in [0.717, 1.165) is 5.56 Å². The Morgan fingerprint density at radius 1 is 1.12 bits per heavy atom. The summed E-state index contributed by atoms with van der Waals surface area (Å²) in [7, 11) is 1.56. The molecule has 0 aliphatic heterocycles. The highest BCUT2D eigenvalue weighted by atomic mass is 19.1. The molecule has 2 rings (SSSR count). The number of halogens is 1. The molecule has 0 saturated heterocycles. The minimum atomic E-state index is -0.527. The van der Waals surface area contributed by atoms with Crippen LogP contribution in [-0.2, 0) is 20.7 Å². The van der Waals surface area contributed by atoms with Crippen LogP contribution >= 0.6 is 0 Å². The Kier molecular flexibility index (Phi) is 5.89. The fourth-order valence-electron chi connectivity index (χ4n) is 1.97. The number of amides is 1. The highest BCUT2D eigenvalue weighted by molar-refractivity contribution is 5.92. The van der Waals surface area contributed by atoms with Crippen molar-refractivity contribution >= 4 is 17.6 Å². The van der Waals surface area contributed by atoms with E-state index in [0.29, 0.717) is 17.0 Å². The SMILES string of the molecule is COc1ccc(CC(=O)OCC(=O)Nc2ccc(C)c(F)c2)cc1. The molecule has 0 heterocycles. The van der Waals surface area contributed by atoms with E-state index in [4.69, 9.17) is 9.47 Å². The number of methoxy groups -OCH3 is 1. The lowest BCUT2D eigenvalue weighted by Gasteiger charge is -2.08. The number of ether oxygens (including phenoxy) is 2. The quantitative estimate of drug-likeness (QED) is 0.827. The molecule has 0 aromatic heterocycles. The van der Waals surface area contributed by atoms with E-state index in [1.54, 1.807) is 50.4 Å². The second-order valence-corrected chi connectivity index (χ2v) is 5.20. The summed E-state index contributed by atoms with van der Waals surface area (Å²) >= 11 is 0.